The van der Waals surface area contributed by atoms with Crippen LogP contribution in [-0.4, -0.2) is 25.8 Å². The molecule has 0 aliphatic rings. The van der Waals surface area contributed by atoms with Gasteiger partial charge in [-0.25, -0.2) is 4.79 Å². The molecule has 0 aliphatic carbocycles. The van der Waals surface area contributed by atoms with Crippen LogP contribution in [0.1, 0.15) is 10.4 Å². The molecule has 1 aromatic rings. The van der Waals surface area contributed by atoms with Gasteiger partial charge < -0.3 is 14.4 Å². The van der Waals surface area contributed by atoms with Crippen LogP contribution in [0.15, 0.2) is 18.2 Å². The Kier molecular flexibility index (Phi) is 3.79. The molecule has 0 heterocycles. The smallest absolute Gasteiger partial charge is 0.504 e. The highest BCUT2D eigenvalue weighted by Crippen LogP contribution is 2.23. The monoisotopic (exact) mass is 214 g/mol. The third kappa shape index (κ3) is 2.40. The second kappa shape index (κ2) is 4.88. The zero-order valence-corrected chi connectivity index (χ0v) is 8.25. The molecule has 0 fully saturated rings. The van der Waals surface area contributed by atoms with Crippen LogP contribution in [-0.2, 0) is 4.74 Å². The number of methoxy groups -OCH3 is 1. The lowest BCUT2D eigenvalue weighted by atomic mass is 10.2. The second-order valence-electron chi connectivity index (χ2n) is 2.41. The quantitative estimate of drug-likeness (QED) is 0.596. The lowest BCUT2D eigenvalue weighted by Gasteiger charge is -2.07. The summed E-state index contributed by atoms with van der Waals surface area (Å²) in [5, 5.41) is 8.96. The minimum atomic E-state index is -0.559. The van der Waals surface area contributed by atoms with Gasteiger partial charge in [0, 0.05) is 5.02 Å². The number of ether oxygens (including phenoxy) is 1. The van der Waals surface area contributed by atoms with Gasteiger partial charge in [0.2, 0.25) is 0 Å². The molecule has 1 rings (SSSR count). The third-order valence-corrected chi connectivity index (χ3v) is 1.80. The Hall–Kier alpha value is -1.20. The average molecular weight is 214 g/mol. The van der Waals surface area contributed by atoms with Gasteiger partial charge in [0.15, 0.2) is 0 Å². The van der Waals surface area contributed by atoms with Crippen molar-refractivity contribution in [3.8, 4) is 5.75 Å². The number of hydrogen-bond donors (Lipinski definition) is 1. The number of esters is 1. The van der Waals surface area contributed by atoms with E-state index in [1.807, 2.05) is 0 Å². The fraction of sp³-hybridized carbons (Fsp3) is 0.125. The average Bonchev–Trinajstić information content (AvgIpc) is 2.20. The maximum atomic E-state index is 11.2. The van der Waals surface area contributed by atoms with Gasteiger partial charge in [-0.1, -0.05) is 11.6 Å². The Morgan fingerprint density at radius 3 is 2.86 bits per heavy atom. The van der Waals surface area contributed by atoms with Crippen LogP contribution < -0.4 is 4.65 Å². The van der Waals surface area contributed by atoms with Gasteiger partial charge in [-0.15, -0.1) is 0 Å². The Balaban J connectivity index is 3.08. The standard InChI is InChI=1S/C8H8BClO4/c1-13-8(11)6-4-5(10)2-3-7(6)14-9-12/h2-4,9,12H,1H3. The topological polar surface area (TPSA) is 55.8 Å². The predicted octanol–water partition coefficient (Wildman–Crippen LogP) is 0.764. The highest BCUT2D eigenvalue weighted by molar-refractivity contribution is 6.31. The van der Waals surface area contributed by atoms with Gasteiger partial charge in [0.25, 0.3) is 0 Å². The number of rotatable bonds is 3. The van der Waals surface area contributed by atoms with Crippen molar-refractivity contribution in [2.75, 3.05) is 7.11 Å². The summed E-state index contributed by atoms with van der Waals surface area (Å²) in [6.45, 7) is 0. The number of halogens is 1. The maximum absolute atomic E-state index is 11.2. The summed E-state index contributed by atoms with van der Waals surface area (Å²) in [6, 6.07) is 4.46. The van der Waals surface area contributed by atoms with E-state index < -0.39 is 13.7 Å². The van der Waals surface area contributed by atoms with Crippen LogP contribution in [0.3, 0.4) is 0 Å². The molecule has 6 heteroatoms. The largest absolute Gasteiger partial charge is 0.538 e. The molecule has 4 nitrogen and oxygen atoms in total. The van der Waals surface area contributed by atoms with E-state index in [0.29, 0.717) is 5.02 Å². The molecule has 0 saturated carbocycles. The third-order valence-electron chi connectivity index (χ3n) is 1.57. The van der Waals surface area contributed by atoms with Crippen LogP contribution in [0.2, 0.25) is 5.02 Å². The summed E-state index contributed by atoms with van der Waals surface area (Å²) in [5.74, 6) is -0.320. The first-order valence-electron chi connectivity index (χ1n) is 3.80. The highest BCUT2D eigenvalue weighted by Gasteiger charge is 2.13. The molecule has 0 radical (unpaired) electrons. The lowest BCUT2D eigenvalue weighted by molar-refractivity contribution is 0.0598. The summed E-state index contributed by atoms with van der Waals surface area (Å²) in [7, 11) is 0.748. The molecule has 0 bridgehead atoms. The fourth-order valence-electron chi connectivity index (χ4n) is 0.967. The molecular weight excluding hydrogens is 206 g/mol. The maximum Gasteiger partial charge on any atom is 0.504 e. The first kappa shape index (κ1) is 10.9. The van der Waals surface area contributed by atoms with Crippen molar-refractivity contribution in [1.29, 1.82) is 0 Å². The molecule has 0 unspecified atom stereocenters. The number of carbonyl (C=O) groups is 1. The molecule has 1 N–H and O–H groups in total. The minimum Gasteiger partial charge on any atom is -0.538 e. The number of hydrogen-bond acceptors (Lipinski definition) is 4. The molecule has 14 heavy (non-hydrogen) atoms. The second-order valence-corrected chi connectivity index (χ2v) is 2.84. The summed E-state index contributed by atoms with van der Waals surface area (Å²) < 4.78 is 9.33. The van der Waals surface area contributed by atoms with E-state index in [0.717, 1.165) is 0 Å². The first-order valence-corrected chi connectivity index (χ1v) is 4.18. The van der Waals surface area contributed by atoms with Gasteiger partial charge in [0.1, 0.15) is 11.3 Å². The predicted molar refractivity (Wildman–Crippen MR) is 52.8 cm³/mol. The molecule has 0 aliphatic heterocycles. The van der Waals surface area contributed by atoms with Crippen molar-refractivity contribution >= 4 is 25.3 Å². The lowest BCUT2D eigenvalue weighted by Crippen LogP contribution is -2.08. The van der Waals surface area contributed by atoms with Gasteiger partial charge in [0.05, 0.1) is 7.11 Å². The van der Waals surface area contributed by atoms with Gasteiger partial charge >= 0.3 is 13.7 Å². The molecule has 74 valence electrons. The zero-order chi connectivity index (χ0) is 10.6. The Morgan fingerprint density at radius 2 is 2.29 bits per heavy atom. The van der Waals surface area contributed by atoms with Crippen LogP contribution in [0.5, 0.6) is 5.75 Å². The van der Waals surface area contributed by atoms with E-state index in [1.165, 1.54) is 19.2 Å². The van der Waals surface area contributed by atoms with Crippen molar-refractivity contribution < 1.29 is 19.2 Å². The van der Waals surface area contributed by atoms with Gasteiger partial charge in [-0.05, 0) is 18.2 Å². The van der Waals surface area contributed by atoms with E-state index in [2.05, 4.69) is 4.74 Å². The molecule has 0 spiro atoms. The van der Waals surface area contributed by atoms with E-state index in [1.54, 1.807) is 6.07 Å². The van der Waals surface area contributed by atoms with Crippen LogP contribution in [0.4, 0.5) is 0 Å². The van der Waals surface area contributed by atoms with Crippen molar-refractivity contribution in [2.45, 2.75) is 0 Å². The van der Waals surface area contributed by atoms with E-state index in [4.69, 9.17) is 21.3 Å². The highest BCUT2D eigenvalue weighted by atomic mass is 35.5. The zero-order valence-electron chi connectivity index (χ0n) is 7.49. The molecule has 0 atom stereocenters. The molecule has 0 saturated heterocycles. The van der Waals surface area contributed by atoms with Crippen LogP contribution >= 0.6 is 11.6 Å². The van der Waals surface area contributed by atoms with Crippen molar-refractivity contribution in [3.05, 3.63) is 28.8 Å². The summed E-state index contributed by atoms with van der Waals surface area (Å²) >= 11 is 5.69. The number of carbonyl (C=O) groups excluding carboxylic acids is 1. The Morgan fingerprint density at radius 1 is 1.57 bits per heavy atom. The summed E-state index contributed by atoms with van der Waals surface area (Å²) in [4.78, 5) is 11.2. The van der Waals surface area contributed by atoms with Crippen LogP contribution in [0, 0.1) is 0 Å². The van der Waals surface area contributed by atoms with Crippen molar-refractivity contribution in [1.82, 2.24) is 0 Å². The minimum absolute atomic E-state index is 0.189. The van der Waals surface area contributed by atoms with E-state index >= 15 is 0 Å². The Bertz CT molecular complexity index is 342. The normalized spacial score (nSPS) is 9.36. The van der Waals surface area contributed by atoms with Crippen molar-refractivity contribution in [2.24, 2.45) is 0 Å². The number of benzene rings is 1. The van der Waals surface area contributed by atoms with Crippen molar-refractivity contribution in [3.63, 3.8) is 0 Å². The van der Waals surface area contributed by atoms with Gasteiger partial charge in [-0.3, -0.25) is 0 Å². The molecule has 1 aromatic carbocycles. The van der Waals surface area contributed by atoms with Gasteiger partial charge in [-0.2, -0.15) is 0 Å². The first-order chi connectivity index (χ1) is 6.69. The summed E-state index contributed by atoms with van der Waals surface area (Å²) in [5.41, 5.74) is 0.189. The Labute approximate surface area is 86.7 Å². The summed E-state index contributed by atoms with van der Waals surface area (Å²) in [6.07, 6.45) is 0. The molecule has 0 amide bonds. The SMILES string of the molecule is COC(=O)c1cc(Cl)ccc1OBO. The molecule has 0 aromatic heterocycles. The fourth-order valence-corrected chi connectivity index (χ4v) is 1.14. The molecular formula is C8H8BClO4. The van der Waals surface area contributed by atoms with Crippen LogP contribution in [0.25, 0.3) is 0 Å². The van der Waals surface area contributed by atoms with E-state index in [-0.39, 0.29) is 11.3 Å². The van der Waals surface area contributed by atoms with E-state index in [9.17, 15) is 4.79 Å².